The molecule has 0 unspecified atom stereocenters. The van der Waals surface area contributed by atoms with E-state index < -0.39 is 5.54 Å². The van der Waals surface area contributed by atoms with Gasteiger partial charge in [-0.3, -0.25) is 9.59 Å². The third kappa shape index (κ3) is 4.87. The molecule has 2 heterocycles. The Labute approximate surface area is 144 Å². The minimum absolute atomic E-state index is 0.177. The molecule has 124 valence electrons. The molecule has 7 heteroatoms. The lowest BCUT2D eigenvalue weighted by Gasteiger charge is -2.24. The predicted molar refractivity (Wildman–Crippen MR) is 94.0 cm³/mol. The number of carbonyl (C=O) groups excluding carboxylic acids is 2. The molecule has 2 aromatic rings. The van der Waals surface area contributed by atoms with Gasteiger partial charge in [-0.1, -0.05) is 6.07 Å². The van der Waals surface area contributed by atoms with Crippen LogP contribution in [0.3, 0.4) is 0 Å². The number of thiophene rings is 1. The van der Waals surface area contributed by atoms with E-state index in [2.05, 4.69) is 15.6 Å². The van der Waals surface area contributed by atoms with E-state index in [1.807, 2.05) is 23.9 Å². The quantitative estimate of drug-likeness (QED) is 0.754. The average Bonchev–Trinajstić information content (AvgIpc) is 3.14. The highest BCUT2D eigenvalue weighted by atomic mass is 32.1. The van der Waals surface area contributed by atoms with Crippen LogP contribution in [-0.2, 0) is 11.2 Å². The van der Waals surface area contributed by atoms with Gasteiger partial charge in [-0.05, 0) is 45.1 Å². The number of thiazole rings is 1. The molecule has 0 radical (unpaired) electrons. The van der Waals surface area contributed by atoms with E-state index in [9.17, 15) is 9.59 Å². The van der Waals surface area contributed by atoms with E-state index >= 15 is 0 Å². The van der Waals surface area contributed by atoms with Crippen LogP contribution in [0.2, 0.25) is 0 Å². The van der Waals surface area contributed by atoms with Gasteiger partial charge >= 0.3 is 0 Å². The van der Waals surface area contributed by atoms with Gasteiger partial charge in [0.05, 0.1) is 16.1 Å². The minimum atomic E-state index is -0.943. The van der Waals surface area contributed by atoms with Crippen molar-refractivity contribution in [3.8, 4) is 0 Å². The van der Waals surface area contributed by atoms with Crippen molar-refractivity contribution in [2.45, 2.75) is 39.2 Å². The number of aromatic nitrogens is 1. The van der Waals surface area contributed by atoms with Crippen LogP contribution in [0.25, 0.3) is 0 Å². The van der Waals surface area contributed by atoms with Crippen LogP contribution in [0.5, 0.6) is 0 Å². The van der Waals surface area contributed by atoms with E-state index in [0.29, 0.717) is 11.4 Å². The van der Waals surface area contributed by atoms with Gasteiger partial charge in [0.2, 0.25) is 5.91 Å². The maximum absolute atomic E-state index is 12.3. The Hall–Kier alpha value is -1.73. The van der Waals surface area contributed by atoms with Gasteiger partial charge in [0.25, 0.3) is 5.91 Å². The number of carbonyl (C=O) groups is 2. The van der Waals surface area contributed by atoms with Crippen LogP contribution < -0.4 is 10.6 Å². The Balaban J connectivity index is 1.77. The number of amides is 2. The number of hydrogen-bond acceptors (Lipinski definition) is 5. The molecule has 2 aromatic heterocycles. The Kier molecular flexibility index (Phi) is 5.90. The van der Waals surface area contributed by atoms with Crippen molar-refractivity contribution in [3.63, 3.8) is 0 Å². The second-order valence-corrected chi connectivity index (χ2v) is 7.66. The van der Waals surface area contributed by atoms with E-state index in [1.165, 1.54) is 16.2 Å². The number of rotatable bonds is 7. The summed E-state index contributed by atoms with van der Waals surface area (Å²) in [5.41, 5.74) is 1.96. The molecule has 23 heavy (non-hydrogen) atoms. The van der Waals surface area contributed by atoms with Gasteiger partial charge in [0.15, 0.2) is 0 Å². The number of nitrogens with one attached hydrogen (secondary N) is 2. The Morgan fingerprint density at radius 3 is 2.70 bits per heavy atom. The number of nitrogens with zero attached hydrogens (tertiary/aromatic N) is 1. The lowest BCUT2D eigenvalue weighted by atomic mass is 10.0. The molecule has 0 aromatic carbocycles. The summed E-state index contributed by atoms with van der Waals surface area (Å²) < 4.78 is 0. The van der Waals surface area contributed by atoms with Gasteiger partial charge < -0.3 is 10.6 Å². The zero-order valence-electron chi connectivity index (χ0n) is 13.5. The summed E-state index contributed by atoms with van der Waals surface area (Å²) in [7, 11) is 0. The highest BCUT2D eigenvalue weighted by Gasteiger charge is 2.29. The van der Waals surface area contributed by atoms with Crippen LogP contribution in [-0.4, -0.2) is 28.9 Å². The van der Waals surface area contributed by atoms with Crippen molar-refractivity contribution in [3.05, 3.63) is 38.5 Å². The molecular weight excluding hydrogens is 330 g/mol. The smallest absolute Gasteiger partial charge is 0.262 e. The van der Waals surface area contributed by atoms with Crippen molar-refractivity contribution >= 4 is 34.5 Å². The van der Waals surface area contributed by atoms with Gasteiger partial charge in [-0.2, -0.15) is 0 Å². The second kappa shape index (κ2) is 7.70. The molecule has 2 amide bonds. The molecule has 0 aliphatic carbocycles. The van der Waals surface area contributed by atoms with Crippen LogP contribution in [0.1, 0.15) is 40.5 Å². The van der Waals surface area contributed by atoms with E-state index in [1.54, 1.807) is 31.3 Å². The Morgan fingerprint density at radius 2 is 2.09 bits per heavy atom. The first-order valence-electron chi connectivity index (χ1n) is 7.43. The molecule has 0 fully saturated rings. The van der Waals surface area contributed by atoms with Gasteiger partial charge in [-0.25, -0.2) is 4.98 Å². The van der Waals surface area contributed by atoms with Crippen LogP contribution in [0.15, 0.2) is 23.0 Å². The average molecular weight is 351 g/mol. The van der Waals surface area contributed by atoms with Crippen molar-refractivity contribution in [1.29, 1.82) is 0 Å². The molecular formula is C16H21N3O2S2. The zero-order valence-corrected chi connectivity index (χ0v) is 15.1. The fourth-order valence-corrected chi connectivity index (χ4v) is 3.49. The standard InChI is InChI=1S/C16H21N3O2S2/c1-11-12(23-10-18-11)6-4-8-17-15(21)16(2,3)19-14(20)13-7-5-9-22-13/h5,7,9-10H,4,6,8H2,1-3H3,(H,17,21)(H,19,20). The summed E-state index contributed by atoms with van der Waals surface area (Å²) in [5, 5.41) is 7.50. The molecule has 0 spiro atoms. The molecule has 0 atom stereocenters. The molecule has 2 N–H and O–H groups in total. The highest BCUT2D eigenvalue weighted by molar-refractivity contribution is 7.12. The largest absolute Gasteiger partial charge is 0.354 e. The monoisotopic (exact) mass is 351 g/mol. The molecule has 0 bridgehead atoms. The lowest BCUT2D eigenvalue weighted by molar-refractivity contribution is -0.126. The molecule has 0 aliphatic rings. The number of hydrogen-bond donors (Lipinski definition) is 2. The first kappa shape index (κ1) is 17.6. The van der Waals surface area contributed by atoms with Crippen molar-refractivity contribution in [1.82, 2.24) is 15.6 Å². The van der Waals surface area contributed by atoms with E-state index in [0.717, 1.165) is 18.5 Å². The molecule has 0 aliphatic heterocycles. The van der Waals surface area contributed by atoms with Crippen molar-refractivity contribution in [2.75, 3.05) is 6.54 Å². The van der Waals surface area contributed by atoms with Gasteiger partial charge in [0.1, 0.15) is 5.54 Å². The minimum Gasteiger partial charge on any atom is -0.354 e. The summed E-state index contributed by atoms with van der Waals surface area (Å²) in [6.07, 6.45) is 1.75. The fraction of sp³-hybridized carbons (Fsp3) is 0.438. The van der Waals surface area contributed by atoms with Crippen LogP contribution >= 0.6 is 22.7 Å². The summed E-state index contributed by atoms with van der Waals surface area (Å²) in [6.45, 7) is 5.99. The summed E-state index contributed by atoms with van der Waals surface area (Å²) in [4.78, 5) is 30.4. The van der Waals surface area contributed by atoms with Crippen LogP contribution in [0, 0.1) is 6.92 Å². The third-order valence-electron chi connectivity index (χ3n) is 3.45. The first-order chi connectivity index (χ1) is 10.9. The van der Waals surface area contributed by atoms with Gasteiger partial charge in [0, 0.05) is 11.4 Å². The zero-order chi connectivity index (χ0) is 16.9. The summed E-state index contributed by atoms with van der Waals surface area (Å²) in [5.74, 6) is -0.399. The van der Waals surface area contributed by atoms with Crippen molar-refractivity contribution in [2.24, 2.45) is 0 Å². The SMILES string of the molecule is Cc1ncsc1CCCNC(=O)C(C)(C)NC(=O)c1cccs1. The topological polar surface area (TPSA) is 71.1 Å². The normalized spacial score (nSPS) is 11.3. The molecule has 0 saturated heterocycles. The van der Waals surface area contributed by atoms with E-state index in [4.69, 9.17) is 0 Å². The Bertz CT molecular complexity index is 663. The highest BCUT2D eigenvalue weighted by Crippen LogP contribution is 2.14. The summed E-state index contributed by atoms with van der Waals surface area (Å²) >= 11 is 3.00. The molecule has 0 saturated carbocycles. The van der Waals surface area contributed by atoms with Crippen molar-refractivity contribution < 1.29 is 9.59 Å². The maximum Gasteiger partial charge on any atom is 0.262 e. The third-order valence-corrected chi connectivity index (χ3v) is 5.31. The first-order valence-corrected chi connectivity index (χ1v) is 9.19. The molecule has 5 nitrogen and oxygen atoms in total. The Morgan fingerprint density at radius 1 is 1.30 bits per heavy atom. The second-order valence-electron chi connectivity index (χ2n) is 5.78. The lowest BCUT2D eigenvalue weighted by Crippen LogP contribution is -2.54. The summed E-state index contributed by atoms with van der Waals surface area (Å²) in [6, 6.07) is 3.56. The van der Waals surface area contributed by atoms with Crippen LogP contribution in [0.4, 0.5) is 0 Å². The molecule has 2 rings (SSSR count). The van der Waals surface area contributed by atoms with E-state index in [-0.39, 0.29) is 11.8 Å². The maximum atomic E-state index is 12.3. The predicted octanol–water partition coefficient (Wildman–Crippen LogP) is 2.77. The van der Waals surface area contributed by atoms with Gasteiger partial charge in [-0.15, -0.1) is 22.7 Å². The fourth-order valence-electron chi connectivity index (χ4n) is 2.05. The number of aryl methyl sites for hydroxylation is 2.